The van der Waals surface area contributed by atoms with Crippen LogP contribution in [-0.2, 0) is 0 Å². The van der Waals surface area contributed by atoms with Gasteiger partial charge in [0, 0.05) is 0 Å². The van der Waals surface area contributed by atoms with Gasteiger partial charge in [-0.2, -0.15) is 0 Å². The Hall–Kier alpha value is -3.40. The fourth-order valence-electron chi connectivity index (χ4n) is 2.47. The molecule has 2 N–H and O–H groups in total. The van der Waals surface area contributed by atoms with Crippen molar-refractivity contribution in [3.05, 3.63) is 83.9 Å². The lowest BCUT2D eigenvalue weighted by atomic mass is 9.99. The van der Waals surface area contributed by atoms with Gasteiger partial charge in [0.25, 0.3) is 0 Å². The fourth-order valence-corrected chi connectivity index (χ4v) is 2.47. The van der Waals surface area contributed by atoms with E-state index in [0.717, 1.165) is 22.3 Å². The summed E-state index contributed by atoms with van der Waals surface area (Å²) in [5.74, 6) is -1.89. The van der Waals surface area contributed by atoms with Crippen LogP contribution in [-0.4, -0.2) is 22.2 Å². The quantitative estimate of drug-likeness (QED) is 0.747. The second-order valence-electron chi connectivity index (χ2n) is 5.34. The van der Waals surface area contributed by atoms with Crippen molar-refractivity contribution in [2.45, 2.75) is 0 Å². The monoisotopic (exact) mass is 318 g/mol. The summed E-state index contributed by atoms with van der Waals surface area (Å²) >= 11 is 0. The molecule has 3 aromatic rings. The molecule has 0 atom stereocenters. The molecule has 4 nitrogen and oxygen atoms in total. The van der Waals surface area contributed by atoms with Crippen LogP contribution in [0.4, 0.5) is 0 Å². The van der Waals surface area contributed by atoms with E-state index >= 15 is 0 Å². The highest BCUT2D eigenvalue weighted by Gasteiger charge is 2.05. The summed E-state index contributed by atoms with van der Waals surface area (Å²) in [6, 6.07) is 21.2. The second kappa shape index (κ2) is 6.38. The minimum absolute atomic E-state index is 0.258. The first-order valence-electron chi connectivity index (χ1n) is 7.32. The van der Waals surface area contributed by atoms with E-state index in [1.54, 1.807) is 48.5 Å². The zero-order chi connectivity index (χ0) is 17.1. The molecule has 3 aromatic carbocycles. The van der Waals surface area contributed by atoms with Crippen LogP contribution in [0.15, 0.2) is 72.8 Å². The average Bonchev–Trinajstić information content (AvgIpc) is 2.62. The van der Waals surface area contributed by atoms with Crippen molar-refractivity contribution in [1.29, 1.82) is 0 Å². The molecule has 0 aliphatic rings. The Kier molecular flexibility index (Phi) is 4.12. The van der Waals surface area contributed by atoms with E-state index in [4.69, 9.17) is 10.2 Å². The minimum atomic E-state index is -0.943. The van der Waals surface area contributed by atoms with Crippen LogP contribution >= 0.6 is 0 Å². The number of aromatic carboxylic acids is 2. The van der Waals surface area contributed by atoms with E-state index in [0.29, 0.717) is 0 Å². The summed E-state index contributed by atoms with van der Waals surface area (Å²) in [4.78, 5) is 21.8. The maximum Gasteiger partial charge on any atom is 0.335 e. The van der Waals surface area contributed by atoms with E-state index in [1.165, 1.54) is 0 Å². The summed E-state index contributed by atoms with van der Waals surface area (Å²) < 4.78 is 0. The summed E-state index contributed by atoms with van der Waals surface area (Å²) in [5, 5.41) is 17.9. The molecule has 0 amide bonds. The minimum Gasteiger partial charge on any atom is -0.478 e. The zero-order valence-corrected chi connectivity index (χ0v) is 12.6. The van der Waals surface area contributed by atoms with Gasteiger partial charge >= 0.3 is 11.9 Å². The molecule has 0 aliphatic heterocycles. The SMILES string of the molecule is O=C(O)c1ccc(-c2ccc(-c3ccc(C(=O)O)cc3)cc2)cc1. The van der Waals surface area contributed by atoms with Crippen LogP contribution in [0.5, 0.6) is 0 Å². The van der Waals surface area contributed by atoms with E-state index in [1.807, 2.05) is 24.3 Å². The largest absolute Gasteiger partial charge is 0.478 e. The van der Waals surface area contributed by atoms with Gasteiger partial charge in [-0.3, -0.25) is 0 Å². The smallest absolute Gasteiger partial charge is 0.335 e. The molecule has 0 saturated carbocycles. The van der Waals surface area contributed by atoms with Gasteiger partial charge < -0.3 is 10.2 Å². The van der Waals surface area contributed by atoms with Gasteiger partial charge in [-0.05, 0) is 46.5 Å². The average molecular weight is 318 g/mol. The van der Waals surface area contributed by atoms with Crippen molar-refractivity contribution in [3.63, 3.8) is 0 Å². The third-order valence-corrected chi connectivity index (χ3v) is 3.82. The number of carbonyl (C=O) groups is 2. The predicted octanol–water partition coefficient (Wildman–Crippen LogP) is 4.42. The highest BCUT2D eigenvalue weighted by Crippen LogP contribution is 2.25. The molecule has 0 fully saturated rings. The van der Waals surface area contributed by atoms with Crippen LogP contribution in [0.1, 0.15) is 20.7 Å². The van der Waals surface area contributed by atoms with Crippen molar-refractivity contribution < 1.29 is 19.8 Å². The van der Waals surface area contributed by atoms with Gasteiger partial charge in [-0.15, -0.1) is 0 Å². The van der Waals surface area contributed by atoms with Gasteiger partial charge in [0.1, 0.15) is 0 Å². The highest BCUT2D eigenvalue weighted by atomic mass is 16.4. The number of hydrogen-bond donors (Lipinski definition) is 2. The molecule has 24 heavy (non-hydrogen) atoms. The Morgan fingerprint density at radius 3 is 0.875 bits per heavy atom. The van der Waals surface area contributed by atoms with E-state index < -0.39 is 11.9 Å². The first-order chi connectivity index (χ1) is 11.5. The Bertz CT molecular complexity index is 800. The van der Waals surface area contributed by atoms with Crippen molar-refractivity contribution in [3.8, 4) is 22.3 Å². The van der Waals surface area contributed by atoms with E-state index in [2.05, 4.69) is 0 Å². The molecular formula is C20H14O4. The Balaban J connectivity index is 1.84. The number of carboxylic acid groups (broad SMARTS) is 2. The molecule has 4 heteroatoms. The maximum atomic E-state index is 10.9. The van der Waals surface area contributed by atoms with Gasteiger partial charge in [0.2, 0.25) is 0 Å². The Morgan fingerprint density at radius 1 is 0.458 bits per heavy atom. The molecule has 0 bridgehead atoms. The van der Waals surface area contributed by atoms with E-state index in [-0.39, 0.29) is 11.1 Å². The van der Waals surface area contributed by atoms with Gasteiger partial charge in [0.15, 0.2) is 0 Å². The zero-order valence-electron chi connectivity index (χ0n) is 12.6. The molecule has 3 rings (SSSR count). The highest BCUT2D eigenvalue weighted by molar-refractivity contribution is 5.89. The van der Waals surface area contributed by atoms with Crippen LogP contribution in [0.3, 0.4) is 0 Å². The number of hydrogen-bond acceptors (Lipinski definition) is 2. The molecule has 0 saturated heterocycles. The molecule has 118 valence electrons. The normalized spacial score (nSPS) is 10.3. The molecule has 0 unspecified atom stereocenters. The van der Waals surface area contributed by atoms with Crippen molar-refractivity contribution in [2.75, 3.05) is 0 Å². The lowest BCUT2D eigenvalue weighted by Crippen LogP contribution is -1.95. The summed E-state index contributed by atoms with van der Waals surface area (Å²) in [7, 11) is 0. The third-order valence-electron chi connectivity index (χ3n) is 3.82. The third kappa shape index (κ3) is 3.17. The predicted molar refractivity (Wildman–Crippen MR) is 91.2 cm³/mol. The molecule has 0 aliphatic carbocycles. The first kappa shape index (κ1) is 15.5. The molecule has 0 spiro atoms. The molecule has 0 radical (unpaired) electrons. The number of rotatable bonds is 4. The molecule has 0 heterocycles. The summed E-state index contributed by atoms with van der Waals surface area (Å²) in [5.41, 5.74) is 4.36. The standard InChI is InChI=1S/C20H14O4/c21-19(22)17-9-5-15(6-10-17)13-1-2-14(4-3-13)16-7-11-18(12-8-16)20(23)24/h1-12H,(H,21,22)(H,23,24). The fraction of sp³-hybridized carbons (Fsp3) is 0. The Morgan fingerprint density at radius 2 is 0.667 bits per heavy atom. The van der Waals surface area contributed by atoms with Crippen molar-refractivity contribution >= 4 is 11.9 Å². The molecule has 0 aromatic heterocycles. The summed E-state index contributed by atoms with van der Waals surface area (Å²) in [6.45, 7) is 0. The summed E-state index contributed by atoms with van der Waals surface area (Å²) in [6.07, 6.45) is 0. The maximum absolute atomic E-state index is 10.9. The lowest BCUT2D eigenvalue weighted by Gasteiger charge is -2.06. The van der Waals surface area contributed by atoms with Crippen LogP contribution in [0.2, 0.25) is 0 Å². The van der Waals surface area contributed by atoms with E-state index in [9.17, 15) is 9.59 Å². The first-order valence-corrected chi connectivity index (χ1v) is 7.32. The number of benzene rings is 3. The van der Waals surface area contributed by atoms with Crippen LogP contribution in [0, 0.1) is 0 Å². The second-order valence-corrected chi connectivity index (χ2v) is 5.34. The molecular weight excluding hydrogens is 304 g/mol. The number of carboxylic acids is 2. The lowest BCUT2D eigenvalue weighted by molar-refractivity contribution is 0.0686. The van der Waals surface area contributed by atoms with Crippen LogP contribution in [0.25, 0.3) is 22.3 Å². The van der Waals surface area contributed by atoms with Gasteiger partial charge in [-0.25, -0.2) is 9.59 Å². The Labute approximate surface area is 138 Å². The van der Waals surface area contributed by atoms with Crippen LogP contribution < -0.4 is 0 Å². The topological polar surface area (TPSA) is 74.6 Å². The van der Waals surface area contributed by atoms with Crippen molar-refractivity contribution in [1.82, 2.24) is 0 Å². The van der Waals surface area contributed by atoms with Gasteiger partial charge in [-0.1, -0.05) is 48.5 Å². The van der Waals surface area contributed by atoms with Gasteiger partial charge in [0.05, 0.1) is 11.1 Å². The van der Waals surface area contributed by atoms with Crippen molar-refractivity contribution in [2.24, 2.45) is 0 Å².